The Morgan fingerprint density at radius 1 is 1.47 bits per heavy atom. The Morgan fingerprint density at radius 3 is 2.88 bits per heavy atom. The van der Waals surface area contributed by atoms with Crippen molar-refractivity contribution in [1.29, 1.82) is 0 Å². The molecule has 0 aliphatic carbocycles. The predicted molar refractivity (Wildman–Crippen MR) is 76.1 cm³/mol. The summed E-state index contributed by atoms with van der Waals surface area (Å²) in [6.07, 6.45) is 2.82. The molecular weight excluding hydrogens is 278 g/mol. The van der Waals surface area contributed by atoms with Crippen molar-refractivity contribution in [3.63, 3.8) is 0 Å². The second-order valence-electron chi connectivity index (χ2n) is 4.77. The van der Waals surface area contributed by atoms with Crippen LogP contribution in [-0.4, -0.2) is 26.3 Å². The van der Waals surface area contributed by atoms with Crippen molar-refractivity contribution in [3.8, 4) is 0 Å². The van der Waals surface area contributed by atoms with Crippen LogP contribution in [0.5, 0.6) is 0 Å². The van der Waals surface area contributed by atoms with Gasteiger partial charge in [0.25, 0.3) is 0 Å². The number of anilines is 1. The topological polar surface area (TPSA) is 12.5 Å². The van der Waals surface area contributed by atoms with Crippen molar-refractivity contribution >= 4 is 21.6 Å². The minimum atomic E-state index is 0.412. The van der Waals surface area contributed by atoms with Crippen LogP contribution in [0.25, 0.3) is 0 Å². The van der Waals surface area contributed by atoms with E-state index < -0.39 is 0 Å². The Bertz CT molecular complexity index is 374. The van der Waals surface area contributed by atoms with Gasteiger partial charge in [0.05, 0.1) is 6.10 Å². The molecule has 1 saturated heterocycles. The summed E-state index contributed by atoms with van der Waals surface area (Å²) in [5.74, 6) is 0. The first kappa shape index (κ1) is 12.9. The zero-order valence-corrected chi connectivity index (χ0v) is 12.2. The maximum Gasteiger partial charge on any atom is 0.0750 e. The third-order valence-electron chi connectivity index (χ3n) is 3.33. The fourth-order valence-corrected chi connectivity index (χ4v) is 2.77. The average Bonchev–Trinajstić information content (AvgIpc) is 2.81. The molecule has 94 valence electrons. The first-order chi connectivity index (χ1) is 8.20. The van der Waals surface area contributed by atoms with Crippen LogP contribution >= 0.6 is 15.9 Å². The maximum atomic E-state index is 5.68. The van der Waals surface area contributed by atoms with Crippen LogP contribution in [0.3, 0.4) is 0 Å². The average molecular weight is 298 g/mol. The zero-order chi connectivity index (χ0) is 12.3. The Morgan fingerprint density at radius 2 is 2.29 bits per heavy atom. The van der Waals surface area contributed by atoms with Gasteiger partial charge in [-0.25, -0.2) is 0 Å². The van der Waals surface area contributed by atoms with Crippen molar-refractivity contribution < 1.29 is 4.74 Å². The van der Waals surface area contributed by atoms with Gasteiger partial charge in [0, 0.05) is 31.2 Å². The summed E-state index contributed by atoms with van der Waals surface area (Å²) in [4.78, 5) is 2.31. The molecule has 1 unspecified atom stereocenters. The summed E-state index contributed by atoms with van der Waals surface area (Å²) in [6.45, 7) is 4.10. The van der Waals surface area contributed by atoms with E-state index in [1.807, 2.05) is 0 Å². The van der Waals surface area contributed by atoms with E-state index in [-0.39, 0.29) is 0 Å². The van der Waals surface area contributed by atoms with E-state index in [4.69, 9.17) is 4.74 Å². The lowest BCUT2D eigenvalue weighted by Crippen LogP contribution is -2.29. The van der Waals surface area contributed by atoms with E-state index in [2.05, 4.69) is 53.0 Å². The lowest BCUT2D eigenvalue weighted by molar-refractivity contribution is 0.116. The van der Waals surface area contributed by atoms with Gasteiger partial charge < -0.3 is 9.64 Å². The van der Waals surface area contributed by atoms with Crippen LogP contribution in [0, 0.1) is 6.92 Å². The van der Waals surface area contributed by atoms with Gasteiger partial charge in [-0.1, -0.05) is 28.1 Å². The molecule has 0 saturated carbocycles. The fourth-order valence-electron chi connectivity index (χ4n) is 2.42. The number of nitrogens with zero attached hydrogens (tertiary/aromatic N) is 1. The lowest BCUT2D eigenvalue weighted by Gasteiger charge is -2.24. The molecule has 1 aliphatic rings. The van der Waals surface area contributed by atoms with Gasteiger partial charge in [0.15, 0.2) is 0 Å². The molecule has 1 aromatic rings. The quantitative estimate of drug-likeness (QED) is 0.789. The van der Waals surface area contributed by atoms with Gasteiger partial charge in [-0.05, 0) is 37.0 Å². The second-order valence-corrected chi connectivity index (χ2v) is 5.33. The van der Waals surface area contributed by atoms with E-state index in [0.29, 0.717) is 6.10 Å². The Kier molecular flexibility index (Phi) is 4.46. The predicted octanol–water partition coefficient (Wildman–Crippen LogP) is 3.51. The molecule has 1 heterocycles. The van der Waals surface area contributed by atoms with Crippen LogP contribution in [0.2, 0.25) is 0 Å². The number of ether oxygens (including phenoxy) is 1. The van der Waals surface area contributed by atoms with Gasteiger partial charge in [0.2, 0.25) is 0 Å². The molecule has 0 N–H and O–H groups in total. The molecule has 0 aromatic heterocycles. The molecule has 0 bridgehead atoms. The number of hydrogen-bond donors (Lipinski definition) is 0. The number of aryl methyl sites for hydroxylation is 1. The highest BCUT2D eigenvalue weighted by atomic mass is 79.9. The SMILES string of the molecule is Cc1cc(CBr)ccc1N(C)CC1CCCO1. The number of alkyl halides is 1. The molecule has 17 heavy (non-hydrogen) atoms. The summed E-state index contributed by atoms with van der Waals surface area (Å²) in [5.41, 5.74) is 3.98. The van der Waals surface area contributed by atoms with Crippen molar-refractivity contribution in [2.75, 3.05) is 25.1 Å². The normalized spacial score (nSPS) is 19.6. The fraction of sp³-hybridized carbons (Fsp3) is 0.571. The van der Waals surface area contributed by atoms with E-state index in [0.717, 1.165) is 18.5 Å². The molecule has 1 atom stereocenters. The van der Waals surface area contributed by atoms with Crippen molar-refractivity contribution in [2.45, 2.75) is 31.2 Å². The number of likely N-dealkylation sites (N-methyl/N-ethyl adjacent to an activating group) is 1. The van der Waals surface area contributed by atoms with E-state index >= 15 is 0 Å². The third kappa shape index (κ3) is 3.23. The summed E-state index contributed by atoms with van der Waals surface area (Å²) < 4.78 is 5.68. The minimum absolute atomic E-state index is 0.412. The van der Waals surface area contributed by atoms with E-state index in [1.165, 1.54) is 29.7 Å². The Hall–Kier alpha value is -0.540. The first-order valence-electron chi connectivity index (χ1n) is 6.19. The van der Waals surface area contributed by atoms with Gasteiger partial charge in [-0.15, -0.1) is 0 Å². The number of benzene rings is 1. The van der Waals surface area contributed by atoms with E-state index in [9.17, 15) is 0 Å². The third-order valence-corrected chi connectivity index (χ3v) is 3.98. The van der Waals surface area contributed by atoms with Gasteiger partial charge in [-0.3, -0.25) is 0 Å². The molecule has 2 nitrogen and oxygen atoms in total. The summed E-state index contributed by atoms with van der Waals surface area (Å²) in [7, 11) is 2.15. The highest BCUT2D eigenvalue weighted by Crippen LogP contribution is 2.23. The molecule has 3 heteroatoms. The standard InChI is InChI=1S/C14H20BrNO/c1-11-8-12(9-15)5-6-14(11)16(2)10-13-4-3-7-17-13/h5-6,8,13H,3-4,7,9-10H2,1-2H3. The van der Waals surface area contributed by atoms with Gasteiger partial charge in [-0.2, -0.15) is 0 Å². The molecule has 0 amide bonds. The monoisotopic (exact) mass is 297 g/mol. The largest absolute Gasteiger partial charge is 0.376 e. The zero-order valence-electron chi connectivity index (χ0n) is 10.6. The maximum absolute atomic E-state index is 5.68. The molecule has 1 aromatic carbocycles. The molecular formula is C14H20BrNO. The van der Waals surface area contributed by atoms with Crippen molar-refractivity contribution in [2.24, 2.45) is 0 Å². The number of rotatable bonds is 4. The second kappa shape index (κ2) is 5.87. The first-order valence-corrected chi connectivity index (χ1v) is 7.31. The summed E-state index contributed by atoms with van der Waals surface area (Å²) in [5, 5.41) is 0.920. The number of hydrogen-bond acceptors (Lipinski definition) is 2. The molecule has 1 fully saturated rings. The van der Waals surface area contributed by atoms with Crippen LogP contribution in [0.15, 0.2) is 18.2 Å². The molecule has 2 rings (SSSR count). The van der Waals surface area contributed by atoms with Crippen molar-refractivity contribution in [3.05, 3.63) is 29.3 Å². The van der Waals surface area contributed by atoms with Crippen LogP contribution < -0.4 is 4.90 Å². The van der Waals surface area contributed by atoms with Gasteiger partial charge >= 0.3 is 0 Å². The highest BCUT2D eigenvalue weighted by molar-refractivity contribution is 9.08. The van der Waals surface area contributed by atoms with Crippen LogP contribution in [0.1, 0.15) is 24.0 Å². The lowest BCUT2D eigenvalue weighted by atomic mass is 10.1. The smallest absolute Gasteiger partial charge is 0.0750 e. The molecule has 1 aliphatic heterocycles. The van der Waals surface area contributed by atoms with Gasteiger partial charge in [0.1, 0.15) is 0 Å². The molecule has 0 spiro atoms. The minimum Gasteiger partial charge on any atom is -0.376 e. The summed E-state index contributed by atoms with van der Waals surface area (Å²) in [6, 6.07) is 6.64. The summed E-state index contributed by atoms with van der Waals surface area (Å²) >= 11 is 3.49. The number of halogens is 1. The van der Waals surface area contributed by atoms with Crippen LogP contribution in [0.4, 0.5) is 5.69 Å². The Balaban J connectivity index is 2.04. The Labute approximate surface area is 112 Å². The van der Waals surface area contributed by atoms with Crippen LogP contribution in [-0.2, 0) is 10.1 Å². The highest BCUT2D eigenvalue weighted by Gasteiger charge is 2.18. The molecule has 0 radical (unpaired) electrons. The van der Waals surface area contributed by atoms with Crippen molar-refractivity contribution in [1.82, 2.24) is 0 Å². The van der Waals surface area contributed by atoms with E-state index in [1.54, 1.807) is 0 Å².